The zero-order chi connectivity index (χ0) is 20.8. The molecule has 0 heterocycles. The number of hydrogen-bond acceptors (Lipinski definition) is 0. The van der Waals surface area contributed by atoms with Crippen LogP contribution in [0.25, 0.3) is 11.1 Å². The summed E-state index contributed by atoms with van der Waals surface area (Å²) in [5.74, 6) is 1.21. The Balaban J connectivity index is 1.50. The van der Waals surface area contributed by atoms with Gasteiger partial charge in [0.1, 0.15) is 0 Å². The quantitative estimate of drug-likeness (QED) is 0.476. The summed E-state index contributed by atoms with van der Waals surface area (Å²) in [7, 11) is 0. The van der Waals surface area contributed by atoms with E-state index in [1.165, 1.54) is 62.5 Å². The number of rotatable bonds is 2. The number of aryl methyl sites for hydroxylation is 2. The molecule has 0 atom stereocenters. The van der Waals surface area contributed by atoms with Crippen molar-refractivity contribution >= 4 is 11.1 Å². The first-order valence-electron chi connectivity index (χ1n) is 12.2. The van der Waals surface area contributed by atoms with Crippen LogP contribution in [-0.2, 0) is 12.8 Å². The van der Waals surface area contributed by atoms with Gasteiger partial charge in [0.05, 0.1) is 0 Å². The number of benzene rings is 2. The summed E-state index contributed by atoms with van der Waals surface area (Å²) in [5.41, 5.74) is 16.2. The van der Waals surface area contributed by atoms with Crippen LogP contribution >= 0.6 is 0 Å². The van der Waals surface area contributed by atoms with Gasteiger partial charge in [0.2, 0.25) is 0 Å². The van der Waals surface area contributed by atoms with E-state index in [1.807, 2.05) is 0 Å². The molecule has 30 heavy (non-hydrogen) atoms. The Morgan fingerprint density at radius 1 is 0.500 bits per heavy atom. The maximum Gasteiger partial charge on any atom is -0.0190 e. The standard InChI is InChI=1S/C30H36/c1-19(2)25-11-9-23-7-5-21-14-16-28-22(13-15-27(21)29(23)17-25)6-8-24-10-12-26(20(3)4)18-30(24)28/h9-12,17-20H,5-8,13-16H2,1-4H3. The minimum atomic E-state index is 0.606. The summed E-state index contributed by atoms with van der Waals surface area (Å²) >= 11 is 0. The molecule has 3 aliphatic carbocycles. The summed E-state index contributed by atoms with van der Waals surface area (Å²) < 4.78 is 0. The van der Waals surface area contributed by atoms with Crippen molar-refractivity contribution in [3.05, 3.63) is 80.9 Å². The third kappa shape index (κ3) is 3.49. The molecule has 0 nitrogen and oxygen atoms in total. The highest BCUT2D eigenvalue weighted by atomic mass is 14.3. The lowest BCUT2D eigenvalue weighted by Gasteiger charge is -2.31. The van der Waals surface area contributed by atoms with Crippen molar-refractivity contribution in [3.63, 3.8) is 0 Å². The summed E-state index contributed by atoms with van der Waals surface area (Å²) in [4.78, 5) is 0. The molecule has 0 bridgehead atoms. The summed E-state index contributed by atoms with van der Waals surface area (Å²) in [6.07, 6.45) is 9.98. The second-order valence-corrected chi connectivity index (χ2v) is 10.3. The molecule has 156 valence electrons. The van der Waals surface area contributed by atoms with Crippen LogP contribution in [0.4, 0.5) is 0 Å². The molecule has 3 aliphatic rings. The Kier molecular flexibility index (Phi) is 5.21. The van der Waals surface area contributed by atoms with Crippen molar-refractivity contribution in [3.8, 4) is 0 Å². The van der Waals surface area contributed by atoms with Gasteiger partial charge in [0.15, 0.2) is 0 Å². The molecule has 0 N–H and O–H groups in total. The van der Waals surface area contributed by atoms with Crippen LogP contribution in [0, 0.1) is 0 Å². The van der Waals surface area contributed by atoms with E-state index in [4.69, 9.17) is 0 Å². The van der Waals surface area contributed by atoms with Gasteiger partial charge in [-0.2, -0.15) is 0 Å². The van der Waals surface area contributed by atoms with Crippen molar-refractivity contribution in [1.82, 2.24) is 0 Å². The van der Waals surface area contributed by atoms with Gasteiger partial charge in [-0.25, -0.2) is 0 Å². The fourth-order valence-corrected chi connectivity index (χ4v) is 5.88. The average Bonchev–Trinajstić information content (AvgIpc) is 2.73. The van der Waals surface area contributed by atoms with Crippen molar-refractivity contribution in [1.29, 1.82) is 0 Å². The van der Waals surface area contributed by atoms with E-state index in [0.29, 0.717) is 11.8 Å². The van der Waals surface area contributed by atoms with Gasteiger partial charge in [-0.1, -0.05) is 75.2 Å². The van der Waals surface area contributed by atoms with Crippen molar-refractivity contribution < 1.29 is 0 Å². The maximum atomic E-state index is 2.52. The molecule has 0 radical (unpaired) electrons. The first-order valence-corrected chi connectivity index (χ1v) is 12.2. The first-order chi connectivity index (χ1) is 14.5. The van der Waals surface area contributed by atoms with Gasteiger partial charge in [0, 0.05) is 0 Å². The largest absolute Gasteiger partial charge is 0.0657 e. The lowest BCUT2D eigenvalue weighted by molar-refractivity contribution is 0.765. The highest BCUT2D eigenvalue weighted by Gasteiger charge is 2.26. The fourth-order valence-electron chi connectivity index (χ4n) is 5.88. The van der Waals surface area contributed by atoms with Crippen LogP contribution < -0.4 is 0 Å². The molecule has 0 saturated heterocycles. The predicted octanol–water partition coefficient (Wildman–Crippen LogP) is 8.61. The summed E-state index contributed by atoms with van der Waals surface area (Å²) in [5, 5.41) is 0. The Labute approximate surface area is 183 Å². The number of hydrogen-bond donors (Lipinski definition) is 0. The van der Waals surface area contributed by atoms with E-state index in [2.05, 4.69) is 64.1 Å². The minimum Gasteiger partial charge on any atom is -0.0657 e. The molecule has 0 saturated carbocycles. The SMILES string of the molecule is CC(C)c1ccc2c(c1)C1=C(CCC3=C(CC1)CCc1ccc(C(C)C)cc13)CC2. The van der Waals surface area contributed by atoms with Gasteiger partial charge < -0.3 is 0 Å². The van der Waals surface area contributed by atoms with Crippen LogP contribution in [0.1, 0.15) is 111 Å². The smallest absolute Gasteiger partial charge is 0.0190 e. The van der Waals surface area contributed by atoms with E-state index in [9.17, 15) is 0 Å². The van der Waals surface area contributed by atoms with Crippen molar-refractivity contribution in [2.75, 3.05) is 0 Å². The summed E-state index contributed by atoms with van der Waals surface area (Å²) in [6, 6.07) is 14.6. The van der Waals surface area contributed by atoms with Crippen LogP contribution in [0.5, 0.6) is 0 Å². The average molecular weight is 397 g/mol. The monoisotopic (exact) mass is 396 g/mol. The number of fused-ring (bicyclic) bond motifs is 4. The van der Waals surface area contributed by atoms with E-state index >= 15 is 0 Å². The van der Waals surface area contributed by atoms with Crippen LogP contribution in [0.3, 0.4) is 0 Å². The van der Waals surface area contributed by atoms with E-state index in [1.54, 1.807) is 44.5 Å². The zero-order valence-electron chi connectivity index (χ0n) is 19.3. The molecule has 0 amide bonds. The second-order valence-electron chi connectivity index (χ2n) is 10.3. The van der Waals surface area contributed by atoms with Crippen molar-refractivity contribution in [2.24, 2.45) is 0 Å². The van der Waals surface area contributed by atoms with Gasteiger partial charge in [-0.3, -0.25) is 0 Å². The molecule has 0 unspecified atom stereocenters. The molecule has 2 aromatic carbocycles. The van der Waals surface area contributed by atoms with Gasteiger partial charge in [-0.05, 0) is 108 Å². The molecule has 0 aromatic heterocycles. The van der Waals surface area contributed by atoms with E-state index in [-0.39, 0.29) is 0 Å². The van der Waals surface area contributed by atoms with Crippen LogP contribution in [0.15, 0.2) is 47.5 Å². The third-order valence-electron chi connectivity index (χ3n) is 7.85. The summed E-state index contributed by atoms with van der Waals surface area (Å²) in [6.45, 7) is 9.28. The van der Waals surface area contributed by atoms with Crippen molar-refractivity contribution in [2.45, 2.75) is 90.9 Å². The lowest BCUT2D eigenvalue weighted by atomic mass is 9.74. The highest BCUT2D eigenvalue weighted by molar-refractivity contribution is 5.78. The van der Waals surface area contributed by atoms with Gasteiger partial charge in [-0.15, -0.1) is 0 Å². The van der Waals surface area contributed by atoms with Gasteiger partial charge in [0.25, 0.3) is 0 Å². The van der Waals surface area contributed by atoms with E-state index < -0.39 is 0 Å². The van der Waals surface area contributed by atoms with Crippen LogP contribution in [0.2, 0.25) is 0 Å². The molecule has 0 fully saturated rings. The van der Waals surface area contributed by atoms with Crippen LogP contribution in [-0.4, -0.2) is 0 Å². The Morgan fingerprint density at radius 3 is 1.30 bits per heavy atom. The zero-order valence-corrected chi connectivity index (χ0v) is 19.3. The Bertz CT molecular complexity index is 956. The fraction of sp³-hybridized carbons (Fsp3) is 0.467. The Hall–Kier alpha value is -2.08. The minimum absolute atomic E-state index is 0.606. The number of allylic oxidation sites excluding steroid dienone is 4. The third-order valence-corrected chi connectivity index (χ3v) is 7.85. The molecule has 5 rings (SSSR count). The molecule has 2 aromatic rings. The molecule has 0 spiro atoms. The second kappa shape index (κ2) is 7.88. The molecule has 0 aliphatic heterocycles. The lowest BCUT2D eigenvalue weighted by Crippen LogP contribution is -2.12. The first kappa shape index (κ1) is 19.9. The predicted molar refractivity (Wildman–Crippen MR) is 130 cm³/mol. The highest BCUT2D eigenvalue weighted by Crippen LogP contribution is 2.45. The molecular formula is C30H36. The molecular weight excluding hydrogens is 360 g/mol. The van der Waals surface area contributed by atoms with Gasteiger partial charge >= 0.3 is 0 Å². The van der Waals surface area contributed by atoms with E-state index in [0.717, 1.165) is 0 Å². The topological polar surface area (TPSA) is 0 Å². The molecule has 0 heteroatoms. The Morgan fingerprint density at radius 2 is 0.900 bits per heavy atom. The normalized spacial score (nSPS) is 18.6. The maximum absolute atomic E-state index is 2.52.